The van der Waals surface area contributed by atoms with Gasteiger partial charge in [-0.05, 0) is 150 Å². The number of carbonyl (C=O) groups excluding carboxylic acids is 1. The van der Waals surface area contributed by atoms with Crippen molar-refractivity contribution in [3.63, 3.8) is 0 Å². The number of aromatic hydroxyl groups is 4. The number of aliphatic hydroxyl groups excluding tert-OH is 2. The number of ether oxygens (including phenoxy) is 2. The van der Waals surface area contributed by atoms with Gasteiger partial charge in [0.05, 0.1) is 31.8 Å². The van der Waals surface area contributed by atoms with Crippen LogP contribution >= 0.6 is 0 Å². The van der Waals surface area contributed by atoms with Crippen LogP contribution in [0.2, 0.25) is 0 Å². The quantitative estimate of drug-likeness (QED) is 0.0617. The average molecular weight is 855 g/mol. The summed E-state index contributed by atoms with van der Waals surface area (Å²) in [5, 5.41) is 73.0. The fraction of sp³-hybridized carbons (Fsp3) is 0.373. The Kier molecular flexibility index (Phi) is 12.6. The third-order valence-corrected chi connectivity index (χ3v) is 13.3. The molecule has 1 saturated carbocycles. The van der Waals surface area contributed by atoms with Gasteiger partial charge in [-0.2, -0.15) is 11.9 Å². The van der Waals surface area contributed by atoms with E-state index in [0.717, 1.165) is 38.8 Å². The molecule has 330 valence electrons. The summed E-state index contributed by atoms with van der Waals surface area (Å²) >= 11 is 0. The second-order valence-electron chi connectivity index (χ2n) is 17.7. The number of nitrogens with one attached hydrogen (secondary N) is 1. The summed E-state index contributed by atoms with van der Waals surface area (Å²) in [6.07, 6.45) is 3.91. The first-order valence-corrected chi connectivity index (χ1v) is 21.8. The second kappa shape index (κ2) is 18.2. The Morgan fingerprint density at radius 3 is 2.56 bits per heavy atom. The number of carbonyl (C=O) groups is 1. The van der Waals surface area contributed by atoms with E-state index < -0.39 is 35.4 Å². The van der Waals surface area contributed by atoms with Gasteiger partial charge in [0.25, 0.3) is 0 Å². The number of anilines is 2. The molecule has 1 aliphatic heterocycles. The first-order valence-electron chi connectivity index (χ1n) is 21.8. The molecule has 1 aliphatic carbocycles. The summed E-state index contributed by atoms with van der Waals surface area (Å²) in [5.41, 5.74) is 3.55. The van der Waals surface area contributed by atoms with Gasteiger partial charge >= 0.3 is 0 Å². The number of hydrogen-bond acceptors (Lipinski definition) is 11. The van der Waals surface area contributed by atoms with E-state index in [9.17, 15) is 30.6 Å². The van der Waals surface area contributed by atoms with E-state index in [1.165, 1.54) is 13.2 Å². The zero-order valence-electron chi connectivity index (χ0n) is 35.9. The zero-order valence-corrected chi connectivity index (χ0v) is 35.9. The molecule has 0 unspecified atom stereocenters. The van der Waals surface area contributed by atoms with E-state index in [1.807, 2.05) is 56.3 Å². The van der Waals surface area contributed by atoms with Gasteiger partial charge in [0.15, 0.2) is 23.0 Å². The van der Waals surface area contributed by atoms with Crippen LogP contribution < -0.4 is 19.8 Å². The van der Waals surface area contributed by atoms with Crippen molar-refractivity contribution < 1.29 is 44.9 Å². The van der Waals surface area contributed by atoms with Crippen LogP contribution in [-0.4, -0.2) is 67.3 Å². The highest BCUT2D eigenvalue weighted by atomic mass is 16.5. The third kappa shape index (κ3) is 8.87. The Labute approximate surface area is 367 Å². The molecule has 1 spiro atoms. The van der Waals surface area contributed by atoms with Crippen LogP contribution in [0.15, 0.2) is 97.3 Å². The molecule has 8 rings (SSSR count). The standard InChI is InChI=1S/C51H56N3O9/c1-29(2)28-63-47-25-33(24-45(60)50(47)61)31-8-11-38-37-12-10-36(55)22-32(37)9-13-40(38)54-48-26-34(17-20-53-48)51(18-16-41(56)39(51)27-35-5-4-19-52-35)49(44(59)23-31)43(58)15-7-30-6-14-42(57)46(21-30)62-3/h4-6,9-10,12-14,17,19-22,24-26,29,31,39,41,43,49,55-58,60-61H,7-8,11,15-16,18,23,27-28H2,1-3H3,(H,53,54)/q-1/t31-,39-,41+,43-,49+,51-/m1/s1. The van der Waals surface area contributed by atoms with Crippen LogP contribution in [0.1, 0.15) is 79.8 Å². The van der Waals surface area contributed by atoms with E-state index in [2.05, 4.69) is 10.3 Å². The first-order chi connectivity index (χ1) is 30.3. The lowest BCUT2D eigenvalue weighted by Crippen LogP contribution is -2.51. The maximum Gasteiger partial charge on any atom is 0.200 e. The van der Waals surface area contributed by atoms with Crippen LogP contribution in [-0.2, 0) is 29.5 Å². The number of rotatable bonds is 11. The lowest BCUT2D eigenvalue weighted by atomic mass is 9.58. The number of aromatic nitrogens is 2. The van der Waals surface area contributed by atoms with E-state index in [0.29, 0.717) is 55.7 Å². The Morgan fingerprint density at radius 1 is 0.937 bits per heavy atom. The van der Waals surface area contributed by atoms with Crippen molar-refractivity contribution >= 4 is 28.1 Å². The number of ketones is 1. The van der Waals surface area contributed by atoms with Gasteiger partial charge in [-0.3, -0.25) is 4.79 Å². The molecule has 0 radical (unpaired) electrons. The molecule has 63 heavy (non-hydrogen) atoms. The molecule has 4 aromatic carbocycles. The number of pyridine rings is 1. The number of methoxy groups -OCH3 is 1. The topological polar surface area (TPSA) is 196 Å². The Balaban J connectivity index is 1.31. The van der Waals surface area contributed by atoms with Crippen LogP contribution in [0.5, 0.6) is 34.5 Å². The monoisotopic (exact) mass is 854 g/mol. The molecular weight excluding hydrogens is 799 g/mol. The molecule has 12 nitrogen and oxygen atoms in total. The fourth-order valence-corrected chi connectivity index (χ4v) is 10.2. The van der Waals surface area contributed by atoms with Crippen molar-refractivity contribution in [1.82, 2.24) is 9.97 Å². The highest BCUT2D eigenvalue weighted by Gasteiger charge is 2.57. The molecule has 1 fully saturated rings. The van der Waals surface area contributed by atoms with Crippen LogP contribution in [0, 0.1) is 17.8 Å². The highest BCUT2D eigenvalue weighted by molar-refractivity contribution is 5.92. The number of Topliss-reactive ketones (excluding diaryl/α,β-unsaturated/α-hetero) is 1. The smallest absolute Gasteiger partial charge is 0.200 e. The lowest BCUT2D eigenvalue weighted by molar-refractivity contribution is -0.132. The maximum atomic E-state index is 15.8. The summed E-state index contributed by atoms with van der Waals surface area (Å²) in [4.78, 5) is 25.2. The first kappa shape index (κ1) is 43.4. The summed E-state index contributed by atoms with van der Waals surface area (Å²) < 4.78 is 11.4. The lowest BCUT2D eigenvalue weighted by Gasteiger charge is -2.46. The fourth-order valence-electron chi connectivity index (χ4n) is 10.2. The Hall–Kier alpha value is -6.24. The zero-order chi connectivity index (χ0) is 44.4. The van der Waals surface area contributed by atoms with Crippen molar-refractivity contribution in [2.24, 2.45) is 17.8 Å². The minimum Gasteiger partial charge on any atom is -0.668 e. The second-order valence-corrected chi connectivity index (χ2v) is 17.7. The molecule has 6 atom stereocenters. The molecule has 2 aliphatic rings. The maximum absolute atomic E-state index is 15.8. The molecule has 0 saturated heterocycles. The Morgan fingerprint density at radius 2 is 1.78 bits per heavy atom. The SMILES string of the molecule is COc1cc(CC[C@@H](O)[C@H]2C(=O)C[C@H](c3cc(O)c(O)c(OCC(C)C)c3)CCc3c(ccc4cc(O)ccc34)Nc3cc(ccn3)[C@@]23CC[C@H](O)[C@H]3Cc2ccc[n-]2)ccc1O. The summed E-state index contributed by atoms with van der Waals surface area (Å²) in [6.45, 7) is 4.25. The predicted molar refractivity (Wildman–Crippen MR) is 240 cm³/mol. The Bertz CT molecular complexity index is 2580. The van der Waals surface area contributed by atoms with Crippen molar-refractivity contribution in [3.8, 4) is 34.5 Å². The van der Waals surface area contributed by atoms with Crippen molar-refractivity contribution in [1.29, 1.82) is 0 Å². The summed E-state index contributed by atoms with van der Waals surface area (Å²) in [7, 11) is 1.48. The van der Waals surface area contributed by atoms with Crippen molar-refractivity contribution in [2.75, 3.05) is 19.0 Å². The summed E-state index contributed by atoms with van der Waals surface area (Å²) in [5.74, 6) is -1.86. The molecule has 2 aromatic heterocycles. The van der Waals surface area contributed by atoms with Gasteiger partial charge in [0.1, 0.15) is 17.4 Å². The van der Waals surface area contributed by atoms with Gasteiger partial charge in [-0.15, -0.1) is 0 Å². The highest BCUT2D eigenvalue weighted by Crippen LogP contribution is 2.55. The number of aliphatic hydroxyl groups is 2. The van der Waals surface area contributed by atoms with E-state index in [4.69, 9.17) is 14.5 Å². The number of phenols is 4. The van der Waals surface area contributed by atoms with Crippen LogP contribution in [0.4, 0.5) is 11.5 Å². The van der Waals surface area contributed by atoms with Gasteiger partial charge in [-0.25, -0.2) is 4.98 Å². The van der Waals surface area contributed by atoms with Gasteiger partial charge in [0, 0.05) is 23.7 Å². The van der Waals surface area contributed by atoms with Crippen molar-refractivity contribution in [3.05, 3.63) is 125 Å². The van der Waals surface area contributed by atoms with Gasteiger partial charge in [0.2, 0.25) is 5.75 Å². The number of benzene rings is 4. The van der Waals surface area contributed by atoms with E-state index in [1.54, 1.807) is 48.8 Å². The average Bonchev–Trinajstić information content (AvgIpc) is 3.90. The molecule has 12 heteroatoms. The minimum absolute atomic E-state index is 0.00506. The van der Waals surface area contributed by atoms with Gasteiger partial charge in [-0.1, -0.05) is 44.2 Å². The number of phenolic OH excluding ortho intramolecular Hbond substituents is 4. The number of hydrogen-bond donors (Lipinski definition) is 7. The molecule has 7 N–H and O–H groups in total. The molecule has 6 aromatic rings. The molecular formula is C51H56N3O9-. The molecule has 3 heterocycles. The van der Waals surface area contributed by atoms with E-state index >= 15 is 4.79 Å². The van der Waals surface area contributed by atoms with Crippen LogP contribution in [0.3, 0.4) is 0 Å². The molecule has 0 amide bonds. The summed E-state index contributed by atoms with van der Waals surface area (Å²) in [6, 6.07) is 25.0. The molecule has 2 bridgehead atoms. The van der Waals surface area contributed by atoms with Gasteiger partial charge < -0.3 is 50.4 Å². The normalized spacial score (nSPS) is 21.9. The number of fused-ring (bicyclic) bond motifs is 6. The third-order valence-electron chi connectivity index (χ3n) is 13.3. The minimum atomic E-state index is -1.19. The van der Waals surface area contributed by atoms with E-state index in [-0.39, 0.29) is 59.9 Å². The number of nitrogens with zero attached hydrogens (tertiary/aromatic N) is 2. The number of aryl methyl sites for hydroxylation is 2. The van der Waals surface area contributed by atoms with Crippen LogP contribution in [0.25, 0.3) is 10.8 Å². The predicted octanol–water partition coefficient (Wildman–Crippen LogP) is 8.35. The van der Waals surface area contributed by atoms with Crippen molar-refractivity contribution in [2.45, 2.75) is 88.8 Å². The largest absolute Gasteiger partial charge is 0.668 e.